The molecule has 0 radical (unpaired) electrons. The van der Waals surface area contributed by atoms with Crippen LogP contribution in [0.3, 0.4) is 0 Å². The Labute approximate surface area is 200 Å². The van der Waals surface area contributed by atoms with E-state index in [0.29, 0.717) is 0 Å². The molecule has 5 heteroatoms. The van der Waals surface area contributed by atoms with Crippen LogP contribution in [-0.4, -0.2) is 24.2 Å². The molecule has 0 bridgehead atoms. The van der Waals surface area contributed by atoms with Crippen molar-refractivity contribution in [1.82, 2.24) is 0 Å². The van der Waals surface area contributed by atoms with Crippen LogP contribution in [0.2, 0.25) is 0 Å². The van der Waals surface area contributed by atoms with E-state index in [1.165, 1.54) is 59.6 Å². The van der Waals surface area contributed by atoms with E-state index in [4.69, 9.17) is 10.4 Å². The van der Waals surface area contributed by atoms with Crippen LogP contribution in [0.15, 0.2) is 54.1 Å². The van der Waals surface area contributed by atoms with Gasteiger partial charge in [0, 0.05) is 28.5 Å². The van der Waals surface area contributed by atoms with E-state index in [1.807, 2.05) is 18.2 Å². The summed E-state index contributed by atoms with van der Waals surface area (Å²) in [4.78, 5) is 15.3. The van der Waals surface area contributed by atoms with E-state index in [2.05, 4.69) is 61.2 Å². The van der Waals surface area contributed by atoms with Gasteiger partial charge in [0.2, 0.25) is 0 Å². The first-order valence-corrected chi connectivity index (χ1v) is 12.3. The fourth-order valence-electron chi connectivity index (χ4n) is 3.62. The molecule has 0 unspecified atom stereocenters. The van der Waals surface area contributed by atoms with Crippen molar-refractivity contribution in [1.29, 1.82) is 5.26 Å². The molecule has 0 aliphatic rings. The summed E-state index contributed by atoms with van der Waals surface area (Å²) < 4.78 is 0. The average Bonchev–Trinajstić information content (AvgIpc) is 3.28. The van der Waals surface area contributed by atoms with Gasteiger partial charge < -0.3 is 10.0 Å². The van der Waals surface area contributed by atoms with Crippen LogP contribution in [0.1, 0.15) is 54.8 Å². The lowest BCUT2D eigenvalue weighted by atomic mass is 10.0. The number of aliphatic carboxylic acids is 1. The molecule has 0 amide bonds. The number of carbonyl (C=O) groups is 1. The van der Waals surface area contributed by atoms with Gasteiger partial charge in [0.1, 0.15) is 11.6 Å². The number of carboxylic acids is 1. The van der Waals surface area contributed by atoms with Crippen molar-refractivity contribution < 1.29 is 9.90 Å². The molecule has 4 nitrogen and oxygen atoms in total. The number of hydrogen-bond donors (Lipinski definition) is 1. The van der Waals surface area contributed by atoms with Crippen LogP contribution < -0.4 is 4.90 Å². The zero-order chi connectivity index (χ0) is 23.6. The molecule has 2 aromatic carbocycles. The molecule has 0 aliphatic heterocycles. The highest BCUT2D eigenvalue weighted by molar-refractivity contribution is 7.13. The molecule has 3 aromatic rings. The molecule has 0 atom stereocenters. The number of rotatable bonds is 11. The minimum absolute atomic E-state index is 0.260. The van der Waals surface area contributed by atoms with Crippen LogP contribution in [0.5, 0.6) is 0 Å². The number of benzene rings is 2. The Morgan fingerprint density at radius 1 is 0.970 bits per heavy atom. The van der Waals surface area contributed by atoms with Gasteiger partial charge in [-0.2, -0.15) is 5.26 Å². The first-order valence-electron chi connectivity index (χ1n) is 11.5. The standard InChI is InChI=1S/C28H30N2O2S/c1-3-5-15-30(16-6-4-2)25-11-10-22-17-21(7-9-23(22)18-25)8-12-26-13-14-27(33-26)19-24(20-29)28(31)32/h7-14,17-19H,3-6,15-16H2,1-2H3,(H,31,32)/b12-8+,24-19+. The van der Waals surface area contributed by atoms with Gasteiger partial charge in [-0.25, -0.2) is 4.79 Å². The van der Waals surface area contributed by atoms with E-state index < -0.39 is 5.97 Å². The quantitative estimate of drug-likeness (QED) is 0.239. The largest absolute Gasteiger partial charge is 0.477 e. The summed E-state index contributed by atoms with van der Waals surface area (Å²) in [6, 6.07) is 18.7. The minimum Gasteiger partial charge on any atom is -0.477 e. The van der Waals surface area contributed by atoms with Crippen molar-refractivity contribution >= 4 is 52.0 Å². The number of nitrogens with zero attached hydrogens (tertiary/aromatic N) is 2. The highest BCUT2D eigenvalue weighted by Gasteiger charge is 2.08. The summed E-state index contributed by atoms with van der Waals surface area (Å²) in [5.74, 6) is -1.21. The van der Waals surface area contributed by atoms with Gasteiger partial charge in [-0.3, -0.25) is 0 Å². The molecule has 0 aliphatic carbocycles. The van der Waals surface area contributed by atoms with E-state index in [0.717, 1.165) is 28.4 Å². The number of nitriles is 1. The lowest BCUT2D eigenvalue weighted by Crippen LogP contribution is -2.25. The number of fused-ring (bicyclic) bond motifs is 1. The second-order valence-electron chi connectivity index (χ2n) is 8.03. The Kier molecular flexibility index (Phi) is 8.86. The van der Waals surface area contributed by atoms with Crippen molar-refractivity contribution in [3.63, 3.8) is 0 Å². The molecule has 0 fully saturated rings. The third-order valence-electron chi connectivity index (χ3n) is 5.50. The molecule has 0 saturated heterocycles. The van der Waals surface area contributed by atoms with Crippen LogP contribution in [-0.2, 0) is 4.79 Å². The van der Waals surface area contributed by atoms with Crippen LogP contribution in [0, 0.1) is 11.3 Å². The highest BCUT2D eigenvalue weighted by atomic mass is 32.1. The van der Waals surface area contributed by atoms with Gasteiger partial charge in [-0.15, -0.1) is 11.3 Å². The maximum atomic E-state index is 11.0. The normalized spacial score (nSPS) is 11.7. The van der Waals surface area contributed by atoms with Crippen molar-refractivity contribution in [2.24, 2.45) is 0 Å². The second-order valence-corrected chi connectivity index (χ2v) is 9.18. The monoisotopic (exact) mass is 458 g/mol. The molecular weight excluding hydrogens is 428 g/mol. The summed E-state index contributed by atoms with van der Waals surface area (Å²) in [7, 11) is 0. The fourth-order valence-corrected chi connectivity index (χ4v) is 4.48. The van der Waals surface area contributed by atoms with Crippen molar-refractivity contribution in [2.75, 3.05) is 18.0 Å². The van der Waals surface area contributed by atoms with Crippen LogP contribution in [0.4, 0.5) is 5.69 Å². The molecule has 1 heterocycles. The van der Waals surface area contributed by atoms with E-state index in [-0.39, 0.29) is 5.57 Å². The van der Waals surface area contributed by atoms with Gasteiger partial charge in [-0.1, -0.05) is 51.0 Å². The van der Waals surface area contributed by atoms with E-state index in [1.54, 1.807) is 6.07 Å². The zero-order valence-corrected chi connectivity index (χ0v) is 20.1. The van der Waals surface area contributed by atoms with Crippen molar-refractivity contribution in [3.05, 3.63) is 69.4 Å². The Hall–Kier alpha value is -3.36. The Balaban J connectivity index is 1.76. The first-order chi connectivity index (χ1) is 16.0. The number of thiophene rings is 1. The Morgan fingerprint density at radius 2 is 1.64 bits per heavy atom. The molecule has 0 spiro atoms. The van der Waals surface area contributed by atoms with E-state index in [9.17, 15) is 4.79 Å². The molecule has 0 saturated carbocycles. The lowest BCUT2D eigenvalue weighted by Gasteiger charge is -2.25. The highest BCUT2D eigenvalue weighted by Crippen LogP contribution is 2.26. The SMILES string of the molecule is CCCCN(CCCC)c1ccc2cc(/C=C/c3ccc(/C=C(\C#N)C(=O)O)s3)ccc2c1. The minimum atomic E-state index is -1.21. The topological polar surface area (TPSA) is 64.3 Å². The molecule has 33 heavy (non-hydrogen) atoms. The summed E-state index contributed by atoms with van der Waals surface area (Å²) >= 11 is 1.45. The first kappa shape index (κ1) is 24.3. The Bertz CT molecular complexity index is 1190. The van der Waals surface area contributed by atoms with Gasteiger partial charge in [0.15, 0.2) is 0 Å². The van der Waals surface area contributed by atoms with Crippen molar-refractivity contribution in [3.8, 4) is 6.07 Å². The molecular formula is C28H30N2O2S. The van der Waals surface area contributed by atoms with Crippen molar-refractivity contribution in [2.45, 2.75) is 39.5 Å². The molecule has 1 aromatic heterocycles. The smallest absolute Gasteiger partial charge is 0.346 e. The Morgan fingerprint density at radius 3 is 2.30 bits per heavy atom. The number of carboxylic acid groups (broad SMARTS) is 1. The number of hydrogen-bond acceptors (Lipinski definition) is 4. The molecule has 1 N–H and O–H groups in total. The van der Waals surface area contributed by atoms with Gasteiger partial charge in [0.25, 0.3) is 0 Å². The third kappa shape index (κ3) is 6.81. The maximum absolute atomic E-state index is 11.0. The summed E-state index contributed by atoms with van der Waals surface area (Å²) in [6.45, 7) is 6.67. The van der Waals surface area contributed by atoms with Gasteiger partial charge in [0.05, 0.1) is 0 Å². The maximum Gasteiger partial charge on any atom is 0.346 e. The van der Waals surface area contributed by atoms with Crippen LogP contribution >= 0.6 is 11.3 Å². The number of anilines is 1. The zero-order valence-electron chi connectivity index (χ0n) is 19.3. The van der Waals surface area contributed by atoms with Gasteiger partial charge in [-0.05, 0) is 71.7 Å². The third-order valence-corrected chi connectivity index (χ3v) is 6.50. The average molecular weight is 459 g/mol. The fraction of sp³-hybridized carbons (Fsp3) is 0.286. The number of unbranched alkanes of at least 4 members (excludes halogenated alkanes) is 2. The predicted octanol–water partition coefficient (Wildman–Crippen LogP) is 7.47. The molecule has 3 rings (SSSR count). The summed E-state index contributed by atoms with van der Waals surface area (Å²) in [6.07, 6.45) is 10.3. The molecule has 170 valence electrons. The second kappa shape index (κ2) is 12.0. The summed E-state index contributed by atoms with van der Waals surface area (Å²) in [5.41, 5.74) is 2.15. The predicted molar refractivity (Wildman–Crippen MR) is 140 cm³/mol. The van der Waals surface area contributed by atoms with E-state index >= 15 is 0 Å². The lowest BCUT2D eigenvalue weighted by molar-refractivity contribution is -0.132. The van der Waals surface area contributed by atoms with Gasteiger partial charge >= 0.3 is 5.97 Å². The summed E-state index contributed by atoms with van der Waals surface area (Å²) in [5, 5.41) is 20.4. The van der Waals surface area contributed by atoms with Crippen LogP contribution in [0.25, 0.3) is 29.0 Å².